The van der Waals surface area contributed by atoms with Gasteiger partial charge in [-0.15, -0.1) is 0 Å². The summed E-state index contributed by atoms with van der Waals surface area (Å²) in [5.41, 5.74) is 0. The highest BCUT2D eigenvalue weighted by atomic mass is 16.5. The molecule has 0 aromatic heterocycles. The third-order valence-corrected chi connectivity index (χ3v) is 4.47. The summed E-state index contributed by atoms with van der Waals surface area (Å²) in [6.07, 6.45) is 2.17. The highest BCUT2D eigenvalue weighted by Crippen LogP contribution is 2.19. The van der Waals surface area contributed by atoms with Crippen LogP contribution in [0.4, 0.5) is 4.79 Å². The largest absolute Gasteiger partial charge is 0.383 e. The van der Waals surface area contributed by atoms with Crippen LogP contribution in [0.25, 0.3) is 0 Å². The van der Waals surface area contributed by atoms with Crippen LogP contribution in [0.1, 0.15) is 19.8 Å². The van der Waals surface area contributed by atoms with Gasteiger partial charge in [0, 0.05) is 45.9 Å². The fraction of sp³-hybridized carbons (Fsp3) is 0.812. The lowest BCUT2D eigenvalue weighted by Gasteiger charge is -2.37. The van der Waals surface area contributed by atoms with Crippen molar-refractivity contribution in [2.75, 3.05) is 53.0 Å². The SMILES string of the molecule is COCCNC(=O)NC(=O)CN1CCN(C(C)C(=O)NC2CC2)CC1. The van der Waals surface area contributed by atoms with Crippen LogP contribution in [0.2, 0.25) is 0 Å². The van der Waals surface area contributed by atoms with E-state index in [1.165, 1.54) is 0 Å². The normalized spacial score (nSPS) is 19.9. The fourth-order valence-corrected chi connectivity index (χ4v) is 2.70. The van der Waals surface area contributed by atoms with Crippen LogP contribution in [0.5, 0.6) is 0 Å². The van der Waals surface area contributed by atoms with Gasteiger partial charge < -0.3 is 15.4 Å². The Bertz CT molecular complexity index is 475. The average molecular weight is 355 g/mol. The predicted molar refractivity (Wildman–Crippen MR) is 92.1 cm³/mol. The molecule has 9 nitrogen and oxygen atoms in total. The summed E-state index contributed by atoms with van der Waals surface area (Å²) in [4.78, 5) is 39.6. The van der Waals surface area contributed by atoms with Gasteiger partial charge in [0.05, 0.1) is 19.2 Å². The van der Waals surface area contributed by atoms with Crippen LogP contribution in [-0.2, 0) is 14.3 Å². The quantitative estimate of drug-likeness (QED) is 0.470. The summed E-state index contributed by atoms with van der Waals surface area (Å²) in [6.45, 7) is 5.70. The molecule has 3 N–H and O–H groups in total. The molecule has 1 aliphatic carbocycles. The summed E-state index contributed by atoms with van der Waals surface area (Å²) in [6, 6.07) is -0.288. The van der Waals surface area contributed by atoms with Crippen LogP contribution in [0, 0.1) is 0 Å². The van der Waals surface area contributed by atoms with E-state index < -0.39 is 6.03 Å². The highest BCUT2D eigenvalue weighted by Gasteiger charge is 2.30. The van der Waals surface area contributed by atoms with Crippen molar-refractivity contribution in [2.45, 2.75) is 31.8 Å². The first-order valence-electron chi connectivity index (χ1n) is 8.83. The minimum absolute atomic E-state index is 0.0847. The third kappa shape index (κ3) is 6.97. The van der Waals surface area contributed by atoms with E-state index in [0.29, 0.717) is 32.3 Å². The number of rotatable bonds is 8. The molecule has 1 aliphatic heterocycles. The van der Waals surface area contributed by atoms with Crippen LogP contribution < -0.4 is 16.0 Å². The van der Waals surface area contributed by atoms with Gasteiger partial charge in [0.15, 0.2) is 0 Å². The van der Waals surface area contributed by atoms with E-state index in [1.807, 2.05) is 11.8 Å². The molecule has 4 amide bonds. The van der Waals surface area contributed by atoms with Crippen molar-refractivity contribution in [3.63, 3.8) is 0 Å². The van der Waals surface area contributed by atoms with E-state index in [4.69, 9.17) is 4.74 Å². The molecule has 1 saturated carbocycles. The second-order valence-corrected chi connectivity index (χ2v) is 6.57. The van der Waals surface area contributed by atoms with E-state index in [2.05, 4.69) is 20.9 Å². The maximum absolute atomic E-state index is 12.1. The maximum Gasteiger partial charge on any atom is 0.321 e. The molecule has 9 heteroatoms. The Morgan fingerprint density at radius 3 is 2.44 bits per heavy atom. The van der Waals surface area contributed by atoms with Gasteiger partial charge in [-0.2, -0.15) is 0 Å². The zero-order valence-corrected chi connectivity index (χ0v) is 15.0. The Hall–Kier alpha value is -1.71. The Labute approximate surface area is 148 Å². The minimum atomic E-state index is -0.508. The van der Waals surface area contributed by atoms with Gasteiger partial charge in [-0.05, 0) is 19.8 Å². The molecule has 1 heterocycles. The molecule has 0 aromatic carbocycles. The molecule has 0 aromatic rings. The van der Waals surface area contributed by atoms with Crippen molar-refractivity contribution in [1.82, 2.24) is 25.8 Å². The molecule has 0 radical (unpaired) electrons. The third-order valence-electron chi connectivity index (χ3n) is 4.47. The number of hydrogen-bond acceptors (Lipinski definition) is 6. The van der Waals surface area contributed by atoms with Gasteiger partial charge in [0.1, 0.15) is 0 Å². The summed E-state index contributed by atoms with van der Waals surface area (Å²) in [5, 5.41) is 7.87. The lowest BCUT2D eigenvalue weighted by molar-refractivity contribution is -0.127. The number of methoxy groups -OCH3 is 1. The fourth-order valence-electron chi connectivity index (χ4n) is 2.70. The summed E-state index contributed by atoms with van der Waals surface area (Å²) < 4.78 is 4.82. The molecule has 1 unspecified atom stereocenters. The second kappa shape index (κ2) is 9.69. The van der Waals surface area contributed by atoms with E-state index in [0.717, 1.165) is 25.9 Å². The Morgan fingerprint density at radius 2 is 1.84 bits per heavy atom. The van der Waals surface area contributed by atoms with Crippen LogP contribution in [0.3, 0.4) is 0 Å². The molecular weight excluding hydrogens is 326 g/mol. The number of urea groups is 1. The molecule has 2 rings (SSSR count). The Kier molecular flexibility index (Phi) is 7.60. The molecule has 1 saturated heterocycles. The van der Waals surface area contributed by atoms with Gasteiger partial charge in [-0.1, -0.05) is 0 Å². The zero-order valence-electron chi connectivity index (χ0n) is 15.0. The van der Waals surface area contributed by atoms with Crippen molar-refractivity contribution < 1.29 is 19.1 Å². The second-order valence-electron chi connectivity index (χ2n) is 6.57. The lowest BCUT2D eigenvalue weighted by Crippen LogP contribution is -2.55. The first-order valence-corrected chi connectivity index (χ1v) is 8.83. The van der Waals surface area contributed by atoms with Gasteiger partial charge in [0.25, 0.3) is 0 Å². The Balaban J connectivity index is 1.63. The number of carbonyl (C=O) groups is 3. The molecular formula is C16H29N5O4. The summed E-state index contributed by atoms with van der Waals surface area (Å²) in [5.74, 6) is -0.246. The van der Waals surface area contributed by atoms with Crippen molar-refractivity contribution in [3.8, 4) is 0 Å². The molecule has 142 valence electrons. The van der Waals surface area contributed by atoms with E-state index in [-0.39, 0.29) is 24.4 Å². The van der Waals surface area contributed by atoms with Gasteiger partial charge in [-0.25, -0.2) is 4.79 Å². The van der Waals surface area contributed by atoms with Gasteiger partial charge in [-0.3, -0.25) is 24.7 Å². The first kappa shape index (κ1) is 19.6. The maximum atomic E-state index is 12.1. The highest BCUT2D eigenvalue weighted by molar-refractivity contribution is 5.95. The van der Waals surface area contributed by atoms with Crippen molar-refractivity contribution in [2.24, 2.45) is 0 Å². The topological polar surface area (TPSA) is 103 Å². The standard InChI is InChI=1S/C16H29N5O4/c1-12(15(23)18-13-3-4-13)21-8-6-20(7-9-21)11-14(22)19-16(24)17-5-10-25-2/h12-13H,3-11H2,1-2H3,(H,18,23)(H2,17,19,22,24). The van der Waals surface area contributed by atoms with Gasteiger partial charge >= 0.3 is 6.03 Å². The lowest BCUT2D eigenvalue weighted by atomic mass is 10.2. The van der Waals surface area contributed by atoms with Crippen LogP contribution >= 0.6 is 0 Å². The molecule has 1 atom stereocenters. The first-order chi connectivity index (χ1) is 12.0. The summed E-state index contributed by atoms with van der Waals surface area (Å²) >= 11 is 0. The molecule has 2 aliphatic rings. The van der Waals surface area contributed by atoms with Crippen LogP contribution in [-0.4, -0.2) is 92.7 Å². The molecule has 25 heavy (non-hydrogen) atoms. The van der Waals surface area contributed by atoms with Crippen molar-refractivity contribution in [1.29, 1.82) is 0 Å². The number of ether oxygens (including phenoxy) is 1. The molecule has 0 spiro atoms. The molecule has 2 fully saturated rings. The van der Waals surface area contributed by atoms with E-state index in [9.17, 15) is 14.4 Å². The van der Waals surface area contributed by atoms with Crippen LogP contribution in [0.15, 0.2) is 0 Å². The Morgan fingerprint density at radius 1 is 1.16 bits per heavy atom. The number of piperazine rings is 1. The predicted octanol–water partition coefficient (Wildman–Crippen LogP) is -1.26. The number of nitrogens with one attached hydrogen (secondary N) is 3. The smallest absolute Gasteiger partial charge is 0.321 e. The number of hydrogen-bond donors (Lipinski definition) is 3. The van der Waals surface area contributed by atoms with Gasteiger partial charge in [0.2, 0.25) is 11.8 Å². The molecule has 0 bridgehead atoms. The van der Waals surface area contributed by atoms with Crippen molar-refractivity contribution in [3.05, 3.63) is 0 Å². The van der Waals surface area contributed by atoms with E-state index >= 15 is 0 Å². The van der Waals surface area contributed by atoms with E-state index in [1.54, 1.807) is 7.11 Å². The number of carbonyl (C=O) groups excluding carboxylic acids is 3. The average Bonchev–Trinajstić information content (AvgIpc) is 3.39. The number of imide groups is 1. The summed E-state index contributed by atoms with van der Waals surface area (Å²) in [7, 11) is 1.54. The van der Waals surface area contributed by atoms with Crippen molar-refractivity contribution >= 4 is 17.8 Å². The monoisotopic (exact) mass is 355 g/mol. The minimum Gasteiger partial charge on any atom is -0.383 e. The zero-order chi connectivity index (χ0) is 18.2. The number of amides is 4. The number of nitrogens with zero attached hydrogens (tertiary/aromatic N) is 2.